The van der Waals surface area contributed by atoms with Crippen molar-refractivity contribution in [1.82, 2.24) is 4.98 Å². The van der Waals surface area contributed by atoms with Crippen molar-refractivity contribution in [3.8, 4) is 17.2 Å². The van der Waals surface area contributed by atoms with Crippen LogP contribution in [0.3, 0.4) is 0 Å². The van der Waals surface area contributed by atoms with E-state index in [4.69, 9.17) is 25.7 Å². The zero-order valence-electron chi connectivity index (χ0n) is 11.9. The van der Waals surface area contributed by atoms with Crippen molar-refractivity contribution in [3.05, 3.63) is 47.8 Å². The number of aliphatic carboxylic acids is 1. The minimum atomic E-state index is -0.836. The molecule has 7 heteroatoms. The van der Waals surface area contributed by atoms with Crippen molar-refractivity contribution >= 4 is 11.8 Å². The maximum absolute atomic E-state index is 11.1. The summed E-state index contributed by atoms with van der Waals surface area (Å²) in [6, 6.07) is 8.58. The van der Waals surface area contributed by atoms with Crippen LogP contribution in [-0.2, 0) is 4.79 Å². The normalized spacial score (nSPS) is 23.4. The van der Waals surface area contributed by atoms with Crippen LogP contribution in [0.25, 0.3) is 0 Å². The number of nitrogens with one attached hydrogen (secondary N) is 1. The Bertz CT molecular complexity index is 836. The van der Waals surface area contributed by atoms with Crippen LogP contribution >= 0.6 is 0 Å². The number of amidine groups is 1. The molecule has 0 spiro atoms. The van der Waals surface area contributed by atoms with Gasteiger partial charge in [0.15, 0.2) is 0 Å². The first kappa shape index (κ1) is 13.6. The fourth-order valence-electron chi connectivity index (χ4n) is 2.96. The summed E-state index contributed by atoms with van der Waals surface area (Å²) in [6.07, 6.45) is 1.25. The lowest BCUT2D eigenvalue weighted by Crippen LogP contribution is -2.12. The third-order valence-electron chi connectivity index (χ3n) is 4.09. The first-order chi connectivity index (χ1) is 11.0. The Kier molecular flexibility index (Phi) is 2.77. The molecule has 116 valence electrons. The standard InChI is InChI=1S/C16H13N3O4/c17-15(18)10-6-8(3-4-19-10)22-7-1-2-11-9(5-7)12-13(16(20)21)14(12)23-11/h1-6,12-14H,(H3,17,18)(H,20,21). The number of carboxylic acids is 1. The molecule has 1 aliphatic heterocycles. The summed E-state index contributed by atoms with van der Waals surface area (Å²) in [5, 5.41) is 16.5. The van der Waals surface area contributed by atoms with Crippen LogP contribution in [0.4, 0.5) is 0 Å². The highest BCUT2D eigenvalue weighted by atomic mass is 16.5. The monoisotopic (exact) mass is 311 g/mol. The number of carboxylic acid groups (broad SMARTS) is 1. The van der Waals surface area contributed by atoms with Crippen molar-refractivity contribution in [2.24, 2.45) is 11.7 Å². The summed E-state index contributed by atoms with van der Waals surface area (Å²) < 4.78 is 11.4. The lowest BCUT2D eigenvalue weighted by Gasteiger charge is -2.10. The average molecular weight is 311 g/mol. The summed E-state index contributed by atoms with van der Waals surface area (Å²) in [5.41, 5.74) is 6.61. The predicted molar refractivity (Wildman–Crippen MR) is 80.1 cm³/mol. The number of nitrogens with two attached hydrogens (primary N) is 1. The van der Waals surface area contributed by atoms with Crippen LogP contribution in [0.15, 0.2) is 36.5 Å². The number of pyridine rings is 1. The van der Waals surface area contributed by atoms with Gasteiger partial charge in [0.05, 0.1) is 0 Å². The maximum Gasteiger partial charge on any atom is 0.311 e. The molecule has 23 heavy (non-hydrogen) atoms. The highest BCUT2D eigenvalue weighted by Crippen LogP contribution is 2.58. The number of hydrogen-bond donors (Lipinski definition) is 3. The second kappa shape index (κ2) is 4.70. The third-order valence-corrected chi connectivity index (χ3v) is 4.09. The van der Waals surface area contributed by atoms with Crippen molar-refractivity contribution < 1.29 is 19.4 Å². The fourth-order valence-corrected chi connectivity index (χ4v) is 2.96. The maximum atomic E-state index is 11.1. The van der Waals surface area contributed by atoms with E-state index in [1.807, 2.05) is 0 Å². The number of benzene rings is 1. The van der Waals surface area contributed by atoms with Crippen LogP contribution in [0, 0.1) is 11.3 Å². The van der Waals surface area contributed by atoms with E-state index < -0.39 is 11.9 Å². The van der Waals surface area contributed by atoms with Gasteiger partial charge in [-0.2, -0.15) is 0 Å². The van der Waals surface area contributed by atoms with Gasteiger partial charge in [-0.05, 0) is 24.3 Å². The number of hydrogen-bond acceptors (Lipinski definition) is 5. The van der Waals surface area contributed by atoms with Gasteiger partial charge in [0.25, 0.3) is 0 Å². The van der Waals surface area contributed by atoms with Crippen molar-refractivity contribution in [2.45, 2.75) is 12.0 Å². The lowest BCUT2D eigenvalue weighted by atomic mass is 10.1. The van der Waals surface area contributed by atoms with E-state index in [2.05, 4.69) is 4.98 Å². The molecule has 1 saturated carbocycles. The molecule has 2 aromatic rings. The van der Waals surface area contributed by atoms with E-state index in [0.717, 1.165) is 5.56 Å². The molecule has 2 heterocycles. The molecule has 1 aromatic carbocycles. The molecule has 2 aliphatic rings. The summed E-state index contributed by atoms with van der Waals surface area (Å²) in [5.74, 6) is 0.249. The number of nitrogens with zero attached hydrogens (tertiary/aromatic N) is 1. The molecule has 3 unspecified atom stereocenters. The van der Waals surface area contributed by atoms with Gasteiger partial charge in [0.2, 0.25) is 0 Å². The second-order valence-electron chi connectivity index (χ2n) is 5.56. The minimum absolute atomic E-state index is 0.101. The third kappa shape index (κ3) is 2.17. The summed E-state index contributed by atoms with van der Waals surface area (Å²) >= 11 is 0. The van der Waals surface area contributed by atoms with Gasteiger partial charge >= 0.3 is 5.97 Å². The Morgan fingerprint density at radius 2 is 2.09 bits per heavy atom. The van der Waals surface area contributed by atoms with E-state index in [0.29, 0.717) is 22.9 Å². The van der Waals surface area contributed by atoms with Gasteiger partial charge in [0.1, 0.15) is 40.8 Å². The van der Waals surface area contributed by atoms with Gasteiger partial charge in [-0.15, -0.1) is 0 Å². The molecule has 4 N–H and O–H groups in total. The highest BCUT2D eigenvalue weighted by molar-refractivity contribution is 5.93. The molecule has 1 aromatic heterocycles. The number of rotatable bonds is 4. The predicted octanol–water partition coefficient (Wildman–Crippen LogP) is 1.72. The van der Waals surface area contributed by atoms with E-state index in [-0.39, 0.29) is 17.9 Å². The molecular weight excluding hydrogens is 298 g/mol. The first-order valence-corrected chi connectivity index (χ1v) is 7.06. The van der Waals surface area contributed by atoms with Gasteiger partial charge in [-0.25, -0.2) is 0 Å². The number of nitrogen functional groups attached to an aromatic ring is 1. The number of ether oxygens (including phenoxy) is 2. The first-order valence-electron chi connectivity index (χ1n) is 7.06. The van der Waals surface area contributed by atoms with Crippen LogP contribution in [0.5, 0.6) is 17.2 Å². The fraction of sp³-hybridized carbons (Fsp3) is 0.188. The second-order valence-corrected chi connectivity index (χ2v) is 5.56. The topological polar surface area (TPSA) is 119 Å². The van der Waals surface area contributed by atoms with E-state index in [1.54, 1.807) is 30.3 Å². The quantitative estimate of drug-likeness (QED) is 0.584. The Balaban J connectivity index is 1.59. The molecule has 1 aliphatic carbocycles. The van der Waals surface area contributed by atoms with Crippen molar-refractivity contribution in [1.29, 1.82) is 5.41 Å². The number of fused-ring (bicyclic) bond motifs is 3. The van der Waals surface area contributed by atoms with Crippen LogP contribution < -0.4 is 15.2 Å². The van der Waals surface area contributed by atoms with Crippen LogP contribution in [0.2, 0.25) is 0 Å². The highest BCUT2D eigenvalue weighted by Gasteiger charge is 2.63. The van der Waals surface area contributed by atoms with E-state index >= 15 is 0 Å². The Labute approximate surface area is 131 Å². The summed E-state index contributed by atoms with van der Waals surface area (Å²) in [4.78, 5) is 15.1. The largest absolute Gasteiger partial charge is 0.489 e. The lowest BCUT2D eigenvalue weighted by molar-refractivity contribution is -0.139. The SMILES string of the molecule is N=C(N)c1cc(Oc2ccc3c(c2)C2C(O3)C2C(=O)O)ccn1. The zero-order valence-corrected chi connectivity index (χ0v) is 11.9. The van der Waals surface area contributed by atoms with Crippen molar-refractivity contribution in [2.75, 3.05) is 0 Å². The average Bonchev–Trinajstić information content (AvgIpc) is 3.13. The zero-order chi connectivity index (χ0) is 16.1. The molecule has 0 radical (unpaired) electrons. The smallest absolute Gasteiger partial charge is 0.311 e. The van der Waals surface area contributed by atoms with Gasteiger partial charge in [-0.1, -0.05) is 0 Å². The van der Waals surface area contributed by atoms with Gasteiger partial charge in [-0.3, -0.25) is 15.2 Å². The molecule has 3 atom stereocenters. The molecule has 0 amide bonds. The van der Waals surface area contributed by atoms with Crippen molar-refractivity contribution in [3.63, 3.8) is 0 Å². The molecule has 0 bridgehead atoms. The molecule has 4 rings (SSSR count). The number of aromatic nitrogens is 1. The van der Waals surface area contributed by atoms with E-state index in [9.17, 15) is 4.79 Å². The number of carbonyl (C=O) groups is 1. The summed E-state index contributed by atoms with van der Waals surface area (Å²) in [6.45, 7) is 0. The Hall–Kier alpha value is -3.09. The van der Waals surface area contributed by atoms with Gasteiger partial charge in [0, 0.05) is 23.7 Å². The van der Waals surface area contributed by atoms with Crippen LogP contribution in [0.1, 0.15) is 17.2 Å². The minimum Gasteiger partial charge on any atom is -0.489 e. The molecule has 1 fully saturated rings. The van der Waals surface area contributed by atoms with Crippen LogP contribution in [-0.4, -0.2) is 28.0 Å². The molecular formula is C16H13N3O4. The Morgan fingerprint density at radius 1 is 1.30 bits per heavy atom. The Morgan fingerprint density at radius 3 is 2.83 bits per heavy atom. The van der Waals surface area contributed by atoms with Gasteiger partial charge < -0.3 is 20.3 Å². The summed E-state index contributed by atoms with van der Waals surface area (Å²) in [7, 11) is 0. The molecule has 7 nitrogen and oxygen atoms in total. The molecule has 0 saturated heterocycles. The van der Waals surface area contributed by atoms with E-state index in [1.165, 1.54) is 6.20 Å².